The number of fused-ring (bicyclic) bond motifs is 1. The van der Waals surface area contributed by atoms with Crippen molar-refractivity contribution in [2.24, 2.45) is 5.92 Å². The van der Waals surface area contributed by atoms with Gasteiger partial charge in [-0.2, -0.15) is 0 Å². The Labute approximate surface area is 219 Å². The lowest BCUT2D eigenvalue weighted by molar-refractivity contribution is -0.133. The quantitative estimate of drug-likeness (QED) is 0.487. The zero-order valence-electron chi connectivity index (χ0n) is 23.1. The van der Waals surface area contributed by atoms with E-state index >= 15 is 0 Å². The van der Waals surface area contributed by atoms with Crippen LogP contribution in [-0.4, -0.2) is 117 Å². The molecule has 8 unspecified atom stereocenters. The summed E-state index contributed by atoms with van der Waals surface area (Å²) in [6.07, 6.45) is 12.1. The number of piperazine rings is 1. The Hall–Kier alpha value is -0.770. The van der Waals surface area contributed by atoms with E-state index in [1.807, 2.05) is 14.0 Å². The molecule has 8 heteroatoms. The summed E-state index contributed by atoms with van der Waals surface area (Å²) in [5.74, 6) is 1.04. The van der Waals surface area contributed by atoms with Crippen LogP contribution in [0.5, 0.6) is 0 Å². The molecule has 0 bridgehead atoms. The summed E-state index contributed by atoms with van der Waals surface area (Å²) in [6, 6.07) is 2.46. The fraction of sp³-hybridized carbons (Fsp3) is 0.964. The maximum absolute atomic E-state index is 12.6. The standard InChI is InChI=1S/C28H52N6O2/c1-4-27(35)34-13-11-20-6-5-7-24(28(20)34)30-21-10-12-29-26(18-21)31-23-9-8-22(19-25(23)36-3)33-16-14-32(2)15-17-33/h20-26,28-31H,4-19H2,1-3H3. The molecule has 0 aromatic rings. The molecule has 36 heavy (non-hydrogen) atoms. The number of amides is 1. The maximum Gasteiger partial charge on any atom is 0.222 e. The first kappa shape index (κ1) is 26.8. The van der Waals surface area contributed by atoms with Gasteiger partial charge in [-0.05, 0) is 70.9 Å². The van der Waals surface area contributed by atoms with Gasteiger partial charge in [0.25, 0.3) is 0 Å². The third-order valence-corrected chi connectivity index (χ3v) is 10.1. The van der Waals surface area contributed by atoms with Crippen molar-refractivity contribution in [3.05, 3.63) is 0 Å². The largest absolute Gasteiger partial charge is 0.380 e. The average molecular weight is 505 g/mol. The second-order valence-corrected chi connectivity index (χ2v) is 12.3. The van der Waals surface area contributed by atoms with Crippen LogP contribution in [-0.2, 0) is 9.53 Å². The monoisotopic (exact) mass is 504 g/mol. The third kappa shape index (κ3) is 6.10. The van der Waals surface area contributed by atoms with Crippen molar-refractivity contribution in [2.45, 2.75) is 114 Å². The minimum atomic E-state index is 0.282. The molecule has 0 aromatic heterocycles. The van der Waals surface area contributed by atoms with Crippen LogP contribution in [0.2, 0.25) is 0 Å². The van der Waals surface area contributed by atoms with Gasteiger partial charge in [0.05, 0.1) is 12.3 Å². The number of nitrogens with zero attached hydrogens (tertiary/aromatic N) is 3. The van der Waals surface area contributed by atoms with Gasteiger partial charge in [0.15, 0.2) is 0 Å². The molecule has 0 spiro atoms. The Bertz CT molecular complexity index is 716. The molecule has 206 valence electrons. The Balaban J connectivity index is 1.13. The van der Waals surface area contributed by atoms with Crippen LogP contribution in [0.25, 0.3) is 0 Å². The number of hydrogen-bond acceptors (Lipinski definition) is 7. The highest BCUT2D eigenvalue weighted by atomic mass is 16.5. The number of ether oxygens (including phenoxy) is 1. The Kier molecular flexibility index (Phi) is 9.23. The second kappa shape index (κ2) is 12.4. The van der Waals surface area contributed by atoms with E-state index in [0.717, 1.165) is 32.4 Å². The van der Waals surface area contributed by atoms with Gasteiger partial charge in [-0.1, -0.05) is 13.3 Å². The fourth-order valence-electron chi connectivity index (χ4n) is 8.02. The summed E-state index contributed by atoms with van der Waals surface area (Å²) < 4.78 is 6.05. The van der Waals surface area contributed by atoms with Crippen molar-refractivity contribution in [2.75, 3.05) is 53.4 Å². The minimum Gasteiger partial charge on any atom is -0.380 e. The SMILES string of the molecule is CCC(=O)N1CCC2CCCC(NC3CCNC(NC4CCC(N5CCN(C)CC5)CC4OC)C3)C21. The summed E-state index contributed by atoms with van der Waals surface area (Å²) in [7, 11) is 4.13. The van der Waals surface area contributed by atoms with Crippen molar-refractivity contribution in [3.8, 4) is 0 Å². The average Bonchev–Trinajstić information content (AvgIpc) is 3.34. The molecule has 5 aliphatic rings. The highest BCUT2D eigenvalue weighted by Crippen LogP contribution is 2.37. The van der Waals surface area contributed by atoms with E-state index in [-0.39, 0.29) is 6.10 Å². The first-order valence-corrected chi connectivity index (χ1v) is 15.1. The highest BCUT2D eigenvalue weighted by molar-refractivity contribution is 5.76. The predicted octanol–water partition coefficient (Wildman–Crippen LogP) is 1.61. The summed E-state index contributed by atoms with van der Waals surface area (Å²) >= 11 is 0. The minimum absolute atomic E-state index is 0.282. The van der Waals surface area contributed by atoms with Crippen molar-refractivity contribution in [3.63, 3.8) is 0 Å². The maximum atomic E-state index is 12.6. The number of rotatable bonds is 7. The molecule has 2 aliphatic carbocycles. The molecule has 5 fully saturated rings. The van der Waals surface area contributed by atoms with Crippen LogP contribution >= 0.6 is 0 Å². The number of nitrogens with one attached hydrogen (secondary N) is 3. The van der Waals surface area contributed by atoms with Crippen molar-refractivity contribution >= 4 is 5.91 Å². The Morgan fingerprint density at radius 1 is 0.944 bits per heavy atom. The molecular formula is C28H52N6O2. The predicted molar refractivity (Wildman–Crippen MR) is 144 cm³/mol. The topological polar surface area (TPSA) is 72.1 Å². The van der Waals surface area contributed by atoms with Crippen LogP contribution in [0.3, 0.4) is 0 Å². The van der Waals surface area contributed by atoms with Crippen LogP contribution < -0.4 is 16.0 Å². The second-order valence-electron chi connectivity index (χ2n) is 12.3. The number of carbonyl (C=O) groups is 1. The lowest BCUT2D eigenvalue weighted by atomic mass is 9.80. The van der Waals surface area contributed by atoms with E-state index in [4.69, 9.17) is 4.74 Å². The molecule has 1 amide bonds. The molecule has 8 atom stereocenters. The third-order valence-electron chi connectivity index (χ3n) is 10.1. The first-order valence-electron chi connectivity index (χ1n) is 15.1. The molecule has 2 saturated carbocycles. The molecule has 0 aromatic carbocycles. The molecule has 3 aliphatic heterocycles. The summed E-state index contributed by atoms with van der Waals surface area (Å²) in [5, 5.41) is 11.8. The number of likely N-dealkylation sites (tertiary alicyclic amines) is 1. The summed E-state index contributed by atoms with van der Waals surface area (Å²) in [5.41, 5.74) is 0. The highest BCUT2D eigenvalue weighted by Gasteiger charge is 2.44. The number of piperidine rings is 1. The summed E-state index contributed by atoms with van der Waals surface area (Å²) in [4.78, 5) is 20.0. The Morgan fingerprint density at radius 2 is 1.78 bits per heavy atom. The lowest BCUT2D eigenvalue weighted by Crippen LogP contribution is -2.62. The first-order chi connectivity index (χ1) is 17.6. The molecule has 8 nitrogen and oxygen atoms in total. The van der Waals surface area contributed by atoms with Crippen molar-refractivity contribution < 1.29 is 9.53 Å². The van der Waals surface area contributed by atoms with Crippen LogP contribution in [0.15, 0.2) is 0 Å². The van der Waals surface area contributed by atoms with E-state index in [1.54, 1.807) is 0 Å². The molecule has 3 N–H and O–H groups in total. The van der Waals surface area contributed by atoms with Crippen molar-refractivity contribution in [1.82, 2.24) is 30.7 Å². The Morgan fingerprint density at radius 3 is 2.56 bits per heavy atom. The van der Waals surface area contributed by atoms with E-state index in [0.29, 0.717) is 54.6 Å². The van der Waals surface area contributed by atoms with Crippen LogP contribution in [0.1, 0.15) is 71.1 Å². The zero-order chi connectivity index (χ0) is 25.1. The van der Waals surface area contributed by atoms with Crippen LogP contribution in [0.4, 0.5) is 0 Å². The van der Waals surface area contributed by atoms with Gasteiger partial charge in [0, 0.05) is 76.5 Å². The van der Waals surface area contributed by atoms with Gasteiger partial charge in [-0.3, -0.25) is 15.0 Å². The van der Waals surface area contributed by atoms with Gasteiger partial charge in [0.2, 0.25) is 5.91 Å². The van der Waals surface area contributed by atoms with Crippen molar-refractivity contribution in [1.29, 1.82) is 0 Å². The number of carbonyl (C=O) groups excluding carboxylic acids is 1. The lowest BCUT2D eigenvalue weighted by Gasteiger charge is -2.45. The fourth-order valence-corrected chi connectivity index (χ4v) is 8.02. The van der Waals surface area contributed by atoms with Gasteiger partial charge >= 0.3 is 0 Å². The van der Waals surface area contributed by atoms with Crippen LogP contribution in [0, 0.1) is 5.92 Å². The van der Waals surface area contributed by atoms with Gasteiger partial charge in [-0.15, -0.1) is 0 Å². The van der Waals surface area contributed by atoms with E-state index < -0.39 is 0 Å². The van der Waals surface area contributed by atoms with E-state index in [1.165, 1.54) is 64.7 Å². The molecule has 0 radical (unpaired) electrons. The summed E-state index contributed by atoms with van der Waals surface area (Å²) in [6.45, 7) is 8.77. The van der Waals surface area contributed by atoms with E-state index in [2.05, 4.69) is 37.7 Å². The number of hydrogen-bond donors (Lipinski definition) is 3. The van der Waals surface area contributed by atoms with Gasteiger partial charge in [-0.25, -0.2) is 0 Å². The zero-order valence-corrected chi connectivity index (χ0v) is 23.1. The van der Waals surface area contributed by atoms with Gasteiger partial charge < -0.3 is 25.2 Å². The normalized spacial score (nSPS) is 40.8. The van der Waals surface area contributed by atoms with Gasteiger partial charge in [0.1, 0.15) is 0 Å². The molecule has 5 rings (SSSR count). The van der Waals surface area contributed by atoms with E-state index in [9.17, 15) is 4.79 Å². The molecule has 3 heterocycles. The molecular weight excluding hydrogens is 452 g/mol. The smallest absolute Gasteiger partial charge is 0.222 e. The number of likely N-dealkylation sites (N-methyl/N-ethyl adjacent to an activating group) is 1. The number of methoxy groups -OCH3 is 1. The molecule has 3 saturated heterocycles.